The highest BCUT2D eigenvalue weighted by Gasteiger charge is 2.78. The summed E-state index contributed by atoms with van der Waals surface area (Å²) in [5.74, 6) is -2.02. The summed E-state index contributed by atoms with van der Waals surface area (Å²) in [5, 5.41) is 15.0. The Kier molecular flexibility index (Phi) is 7.61. The molecular weight excluding hydrogens is 460 g/mol. The first-order valence-electron chi connectivity index (χ1n) is 13.3. The van der Waals surface area contributed by atoms with Gasteiger partial charge in [0.05, 0.1) is 17.4 Å². The molecule has 3 saturated heterocycles. The number of hydrogen-bond donors (Lipinski definition) is 3. The number of aliphatic hydroxyl groups excluding tert-OH is 1. The Balaban J connectivity index is 1.66. The maximum absolute atomic E-state index is 13.9. The van der Waals surface area contributed by atoms with E-state index in [4.69, 9.17) is 4.74 Å². The van der Waals surface area contributed by atoms with Gasteiger partial charge >= 0.3 is 0 Å². The first-order valence-corrected chi connectivity index (χ1v) is 13.3. The molecule has 0 aromatic heterocycles. The van der Waals surface area contributed by atoms with Gasteiger partial charge in [-0.2, -0.15) is 0 Å². The van der Waals surface area contributed by atoms with E-state index in [9.17, 15) is 19.5 Å². The average molecular weight is 501 g/mol. The van der Waals surface area contributed by atoms with E-state index in [1.54, 1.807) is 11.9 Å². The zero-order valence-electron chi connectivity index (χ0n) is 21.9. The smallest absolute Gasteiger partial charge is 0.250 e. The Bertz CT molecular complexity index is 981. The number of benzene rings is 1. The molecular formula is C27H40N4O5. The van der Waals surface area contributed by atoms with Crippen molar-refractivity contribution in [1.29, 1.82) is 0 Å². The van der Waals surface area contributed by atoms with Gasteiger partial charge < -0.3 is 30.3 Å². The number of aliphatic hydroxyl groups is 1. The molecule has 3 heterocycles. The second kappa shape index (κ2) is 10.4. The molecule has 1 aromatic rings. The fourth-order valence-electron chi connectivity index (χ4n) is 6.76. The zero-order chi connectivity index (χ0) is 26.1. The Labute approximate surface area is 213 Å². The molecule has 3 aliphatic rings. The van der Waals surface area contributed by atoms with Gasteiger partial charge in [-0.1, -0.05) is 6.92 Å². The highest BCUT2D eigenvalue weighted by molar-refractivity contribution is 6.03. The van der Waals surface area contributed by atoms with Crippen LogP contribution in [-0.2, 0) is 19.1 Å². The van der Waals surface area contributed by atoms with E-state index in [1.807, 2.05) is 31.2 Å². The van der Waals surface area contributed by atoms with Crippen molar-refractivity contribution in [3.05, 3.63) is 24.3 Å². The van der Waals surface area contributed by atoms with Gasteiger partial charge in [-0.15, -0.1) is 0 Å². The molecule has 0 saturated carbocycles. The minimum atomic E-state index is -1.03. The van der Waals surface area contributed by atoms with Crippen LogP contribution >= 0.6 is 0 Å². The summed E-state index contributed by atoms with van der Waals surface area (Å²) in [5.41, 5.74) is -0.0375. The average Bonchev–Trinajstić information content (AvgIpc) is 3.49. The number of likely N-dealkylation sites (tertiary alicyclic amines) is 1. The van der Waals surface area contributed by atoms with Crippen LogP contribution in [0.25, 0.3) is 0 Å². The summed E-state index contributed by atoms with van der Waals surface area (Å²) < 4.78 is 6.67. The minimum absolute atomic E-state index is 0.0165. The van der Waals surface area contributed by atoms with Crippen LogP contribution in [0.1, 0.15) is 52.9 Å². The number of ether oxygens (including phenoxy) is 1. The molecule has 2 bridgehead atoms. The van der Waals surface area contributed by atoms with Gasteiger partial charge in [0.2, 0.25) is 17.7 Å². The van der Waals surface area contributed by atoms with Crippen molar-refractivity contribution < 1.29 is 24.2 Å². The lowest BCUT2D eigenvalue weighted by Crippen LogP contribution is -2.53. The molecule has 0 radical (unpaired) electrons. The van der Waals surface area contributed by atoms with Crippen molar-refractivity contribution in [1.82, 2.24) is 10.2 Å². The standard InChI is InChI=1S/C27H40N4O5/c1-5-26-14-15-27(36-26)21(20(26)23(33)28-4)25(35)31(16-8-9-17-32)22(27)24(34)29-18-10-12-19(13-11-18)30(6-2)7-3/h10-13,20-22,32H,5-9,14-17H2,1-4H3,(H,28,33)(H,29,34)/t20-,21+,22?,26+,27?/m1/s1. The van der Waals surface area contributed by atoms with Gasteiger partial charge in [-0.3, -0.25) is 14.4 Å². The Morgan fingerprint density at radius 3 is 2.39 bits per heavy atom. The van der Waals surface area contributed by atoms with E-state index in [2.05, 4.69) is 29.4 Å². The first-order chi connectivity index (χ1) is 17.3. The molecule has 3 fully saturated rings. The summed E-state index contributed by atoms with van der Waals surface area (Å²) in [6, 6.07) is 6.88. The molecule has 9 heteroatoms. The van der Waals surface area contributed by atoms with E-state index in [0.29, 0.717) is 44.3 Å². The van der Waals surface area contributed by atoms with Crippen LogP contribution in [0.2, 0.25) is 0 Å². The minimum Gasteiger partial charge on any atom is -0.396 e. The highest BCUT2D eigenvalue weighted by atomic mass is 16.5. The van der Waals surface area contributed by atoms with Crippen LogP contribution in [-0.4, -0.2) is 78.3 Å². The van der Waals surface area contributed by atoms with Crippen LogP contribution in [0.3, 0.4) is 0 Å². The number of anilines is 2. The number of rotatable bonds is 11. The highest BCUT2D eigenvalue weighted by Crippen LogP contribution is 2.64. The lowest BCUT2D eigenvalue weighted by molar-refractivity contribution is -0.145. The molecule has 2 unspecified atom stereocenters. The molecule has 4 rings (SSSR count). The number of amides is 3. The fourth-order valence-corrected chi connectivity index (χ4v) is 6.76. The monoisotopic (exact) mass is 500 g/mol. The van der Waals surface area contributed by atoms with E-state index < -0.39 is 29.1 Å². The number of nitrogens with one attached hydrogen (secondary N) is 2. The lowest BCUT2D eigenvalue weighted by atomic mass is 9.65. The van der Waals surface area contributed by atoms with Crippen LogP contribution < -0.4 is 15.5 Å². The first kappa shape index (κ1) is 26.4. The fraction of sp³-hybridized carbons (Fsp3) is 0.667. The van der Waals surface area contributed by atoms with Crippen molar-refractivity contribution in [2.45, 2.75) is 70.1 Å². The molecule has 0 aliphatic carbocycles. The van der Waals surface area contributed by atoms with Crippen molar-refractivity contribution in [2.75, 3.05) is 43.5 Å². The van der Waals surface area contributed by atoms with Gasteiger partial charge in [0.15, 0.2) is 0 Å². The third-order valence-corrected chi connectivity index (χ3v) is 8.53. The van der Waals surface area contributed by atoms with Gasteiger partial charge in [0.25, 0.3) is 0 Å². The molecule has 1 spiro atoms. The third kappa shape index (κ3) is 4.06. The lowest BCUT2D eigenvalue weighted by Gasteiger charge is -2.33. The number of carbonyl (C=O) groups is 3. The largest absolute Gasteiger partial charge is 0.396 e. The van der Waals surface area contributed by atoms with E-state index in [-0.39, 0.29) is 24.3 Å². The van der Waals surface area contributed by atoms with E-state index in [1.165, 1.54) is 0 Å². The SMILES string of the molecule is CCN(CC)c1ccc(NC(=O)C2N(CCCCO)C(=O)[C@@H]3[C@H](C(=O)NC)[C@]4(CC)CCC23O4)cc1. The number of carbonyl (C=O) groups excluding carboxylic acids is 3. The summed E-state index contributed by atoms with van der Waals surface area (Å²) in [6.45, 7) is 8.31. The Morgan fingerprint density at radius 2 is 1.81 bits per heavy atom. The van der Waals surface area contributed by atoms with Gasteiger partial charge in [-0.05, 0) is 70.2 Å². The molecule has 3 aliphatic heterocycles. The van der Waals surface area contributed by atoms with E-state index >= 15 is 0 Å². The summed E-state index contributed by atoms with van der Waals surface area (Å²) >= 11 is 0. The maximum Gasteiger partial charge on any atom is 0.250 e. The Morgan fingerprint density at radius 1 is 1.11 bits per heavy atom. The number of fused-ring (bicyclic) bond motifs is 1. The van der Waals surface area contributed by atoms with Crippen molar-refractivity contribution in [2.24, 2.45) is 11.8 Å². The zero-order valence-corrected chi connectivity index (χ0v) is 21.9. The molecule has 36 heavy (non-hydrogen) atoms. The van der Waals surface area contributed by atoms with Crippen molar-refractivity contribution in [3.8, 4) is 0 Å². The molecule has 3 N–H and O–H groups in total. The van der Waals surface area contributed by atoms with Gasteiger partial charge in [0, 0.05) is 44.7 Å². The quantitative estimate of drug-likeness (QED) is 0.402. The number of nitrogens with zero attached hydrogens (tertiary/aromatic N) is 2. The van der Waals surface area contributed by atoms with Crippen LogP contribution in [0.5, 0.6) is 0 Å². The van der Waals surface area contributed by atoms with Crippen molar-refractivity contribution >= 4 is 29.1 Å². The summed E-state index contributed by atoms with van der Waals surface area (Å²) in [4.78, 5) is 44.5. The second-order valence-corrected chi connectivity index (χ2v) is 10.1. The second-order valence-electron chi connectivity index (χ2n) is 10.1. The predicted octanol–water partition coefficient (Wildman–Crippen LogP) is 2.14. The normalized spacial score (nSPS) is 30.4. The molecule has 9 nitrogen and oxygen atoms in total. The van der Waals surface area contributed by atoms with Crippen LogP contribution in [0, 0.1) is 11.8 Å². The van der Waals surface area contributed by atoms with Crippen LogP contribution in [0.4, 0.5) is 11.4 Å². The van der Waals surface area contributed by atoms with Gasteiger partial charge in [0.1, 0.15) is 11.6 Å². The van der Waals surface area contributed by atoms with Gasteiger partial charge in [-0.25, -0.2) is 0 Å². The molecule has 3 amide bonds. The van der Waals surface area contributed by atoms with E-state index in [0.717, 1.165) is 18.8 Å². The molecule has 1 aromatic carbocycles. The van der Waals surface area contributed by atoms with Crippen molar-refractivity contribution in [3.63, 3.8) is 0 Å². The maximum atomic E-state index is 13.9. The summed E-state index contributed by atoms with van der Waals surface area (Å²) in [6.07, 6.45) is 2.89. The molecule has 5 atom stereocenters. The Hall–Kier alpha value is -2.65. The number of hydrogen-bond acceptors (Lipinski definition) is 6. The topological polar surface area (TPSA) is 111 Å². The van der Waals surface area contributed by atoms with Crippen LogP contribution in [0.15, 0.2) is 24.3 Å². The summed E-state index contributed by atoms with van der Waals surface area (Å²) in [7, 11) is 1.58. The molecule has 198 valence electrons. The number of unbranched alkanes of at least 4 members (excludes halogenated alkanes) is 1. The predicted molar refractivity (Wildman–Crippen MR) is 138 cm³/mol. The third-order valence-electron chi connectivity index (χ3n) is 8.53.